The van der Waals surface area contributed by atoms with Crippen LogP contribution in [0.1, 0.15) is 5.56 Å². The van der Waals surface area contributed by atoms with Crippen LogP contribution in [0.15, 0.2) is 115 Å². The van der Waals surface area contributed by atoms with Crippen molar-refractivity contribution in [1.82, 2.24) is 8.97 Å². The number of aromatic nitrogens is 2. The molecule has 35 heavy (non-hydrogen) atoms. The Bertz CT molecular complexity index is 2120. The molecule has 0 amide bonds. The molecule has 0 aliphatic carbocycles. The molecule has 2 nitrogen and oxygen atoms in total. The Morgan fingerprint density at radius 1 is 0.429 bits per heavy atom. The lowest BCUT2D eigenvalue weighted by atomic mass is 10.1. The van der Waals surface area contributed by atoms with Gasteiger partial charge in [-0.3, -0.25) is 0 Å². The van der Waals surface area contributed by atoms with Crippen LogP contribution in [-0.2, 0) is 0 Å². The van der Waals surface area contributed by atoms with E-state index >= 15 is 0 Å². The molecule has 0 N–H and O–H groups in total. The number of hydrogen-bond donors (Lipinski definition) is 0. The maximum Gasteiger partial charge on any atom is 0.0548 e. The Kier molecular flexibility index (Phi) is 3.62. The SMILES string of the molecule is Cc1cccc(-n2c3ccccc3c3cc4c(cc32)cc2c3ccccc3c3ccccc3n42)c1. The number of para-hydroxylation sites is 2. The van der Waals surface area contributed by atoms with Crippen LogP contribution in [0.3, 0.4) is 0 Å². The first kappa shape index (κ1) is 18.8. The molecule has 0 aliphatic heterocycles. The van der Waals surface area contributed by atoms with E-state index in [4.69, 9.17) is 0 Å². The first-order valence-electron chi connectivity index (χ1n) is 12.1. The Balaban J connectivity index is 1.61. The Morgan fingerprint density at radius 2 is 1.06 bits per heavy atom. The minimum absolute atomic E-state index is 1.20. The lowest BCUT2D eigenvalue weighted by Gasteiger charge is -2.10. The maximum absolute atomic E-state index is 2.45. The summed E-state index contributed by atoms with van der Waals surface area (Å²) in [6, 6.07) is 42.2. The Morgan fingerprint density at radius 3 is 1.83 bits per heavy atom. The third-order valence-electron chi connectivity index (χ3n) is 7.49. The molecule has 2 heteroatoms. The summed E-state index contributed by atoms with van der Waals surface area (Å²) in [4.78, 5) is 0. The topological polar surface area (TPSA) is 9.34 Å². The van der Waals surface area contributed by atoms with E-state index in [0.29, 0.717) is 0 Å². The summed E-state index contributed by atoms with van der Waals surface area (Å²) in [5.74, 6) is 0. The van der Waals surface area contributed by atoms with Gasteiger partial charge in [0.1, 0.15) is 0 Å². The highest BCUT2D eigenvalue weighted by Crippen LogP contribution is 2.39. The molecule has 0 saturated heterocycles. The second-order valence-corrected chi connectivity index (χ2v) is 9.55. The molecule has 8 rings (SSSR count). The molecule has 0 bridgehead atoms. The number of benzene rings is 5. The highest BCUT2D eigenvalue weighted by atomic mass is 15.0. The van der Waals surface area contributed by atoms with Crippen LogP contribution >= 0.6 is 0 Å². The largest absolute Gasteiger partial charge is 0.309 e. The van der Waals surface area contributed by atoms with Crippen molar-refractivity contribution in [1.29, 1.82) is 0 Å². The number of nitrogens with zero attached hydrogens (tertiary/aromatic N) is 2. The zero-order valence-electron chi connectivity index (χ0n) is 19.4. The fourth-order valence-corrected chi connectivity index (χ4v) is 6.01. The number of rotatable bonds is 1. The van der Waals surface area contributed by atoms with E-state index < -0.39 is 0 Å². The fraction of sp³-hybridized carbons (Fsp3) is 0.0303. The summed E-state index contributed by atoms with van der Waals surface area (Å²) in [6.45, 7) is 2.16. The average Bonchev–Trinajstić information content (AvgIpc) is 3.43. The van der Waals surface area contributed by atoms with E-state index in [-0.39, 0.29) is 0 Å². The lowest BCUT2D eigenvalue weighted by Crippen LogP contribution is -1.94. The molecule has 0 radical (unpaired) electrons. The minimum atomic E-state index is 1.20. The zero-order valence-corrected chi connectivity index (χ0v) is 19.4. The zero-order chi connectivity index (χ0) is 23.1. The van der Waals surface area contributed by atoms with E-state index in [2.05, 4.69) is 131 Å². The molecule has 0 fully saturated rings. The molecule has 164 valence electrons. The summed E-state index contributed by atoms with van der Waals surface area (Å²) in [5, 5.41) is 7.71. The monoisotopic (exact) mass is 446 g/mol. The van der Waals surface area contributed by atoms with Gasteiger partial charge in [0.2, 0.25) is 0 Å². The molecule has 0 atom stereocenters. The number of aryl methyl sites for hydroxylation is 1. The summed E-state index contributed by atoms with van der Waals surface area (Å²) in [6.07, 6.45) is 0. The van der Waals surface area contributed by atoms with Crippen molar-refractivity contribution in [2.45, 2.75) is 6.92 Å². The van der Waals surface area contributed by atoms with Crippen LogP contribution in [0.5, 0.6) is 0 Å². The molecule has 0 aliphatic rings. The second kappa shape index (κ2) is 6.74. The standard InChI is InChI=1S/C33H22N2/c1-21-9-8-10-23(17-21)34-29-15-6-5-14-27(29)28-20-31-22(19-33(28)34)18-32-26-13-3-2-11-24(26)25-12-4-7-16-30(25)35(31)32/h2-20H,1H3. The van der Waals surface area contributed by atoms with Gasteiger partial charge < -0.3 is 8.97 Å². The third-order valence-corrected chi connectivity index (χ3v) is 7.49. The van der Waals surface area contributed by atoms with Crippen molar-refractivity contribution < 1.29 is 0 Å². The quantitative estimate of drug-likeness (QED) is 0.223. The van der Waals surface area contributed by atoms with Crippen LogP contribution in [0.4, 0.5) is 0 Å². The molecule has 8 aromatic rings. The predicted molar refractivity (Wildman–Crippen MR) is 149 cm³/mol. The van der Waals surface area contributed by atoms with Gasteiger partial charge in [-0.15, -0.1) is 0 Å². The molecule has 0 spiro atoms. The van der Waals surface area contributed by atoms with E-state index in [9.17, 15) is 0 Å². The van der Waals surface area contributed by atoms with E-state index in [1.807, 2.05) is 0 Å². The number of hydrogen-bond acceptors (Lipinski definition) is 0. The summed E-state index contributed by atoms with van der Waals surface area (Å²) in [7, 11) is 0. The Labute approximate surface area is 202 Å². The first-order chi connectivity index (χ1) is 17.3. The van der Waals surface area contributed by atoms with Crippen LogP contribution in [-0.4, -0.2) is 8.97 Å². The normalized spacial score (nSPS) is 12.1. The van der Waals surface area contributed by atoms with Crippen molar-refractivity contribution in [3.05, 3.63) is 121 Å². The van der Waals surface area contributed by atoms with Gasteiger partial charge in [-0.2, -0.15) is 0 Å². The summed E-state index contributed by atoms with van der Waals surface area (Å²) < 4.78 is 4.86. The van der Waals surface area contributed by atoms with Crippen LogP contribution in [0, 0.1) is 6.92 Å². The molecular weight excluding hydrogens is 424 g/mol. The molecule has 0 saturated carbocycles. The van der Waals surface area contributed by atoms with Crippen molar-refractivity contribution in [2.75, 3.05) is 0 Å². The highest BCUT2D eigenvalue weighted by molar-refractivity contribution is 6.18. The smallest absolute Gasteiger partial charge is 0.0548 e. The maximum atomic E-state index is 2.45. The van der Waals surface area contributed by atoms with Gasteiger partial charge >= 0.3 is 0 Å². The molecule has 3 heterocycles. The molecule has 5 aromatic carbocycles. The highest BCUT2D eigenvalue weighted by Gasteiger charge is 2.17. The minimum Gasteiger partial charge on any atom is -0.309 e. The van der Waals surface area contributed by atoms with Gasteiger partial charge in [-0.25, -0.2) is 0 Å². The van der Waals surface area contributed by atoms with Gasteiger partial charge in [0.05, 0.1) is 27.6 Å². The average molecular weight is 447 g/mol. The van der Waals surface area contributed by atoms with E-state index in [0.717, 1.165) is 0 Å². The van der Waals surface area contributed by atoms with Gasteiger partial charge in [0, 0.05) is 32.6 Å². The van der Waals surface area contributed by atoms with Crippen LogP contribution in [0.25, 0.3) is 65.6 Å². The predicted octanol–water partition coefficient (Wildman–Crippen LogP) is 8.80. The summed E-state index contributed by atoms with van der Waals surface area (Å²) >= 11 is 0. The fourth-order valence-electron chi connectivity index (χ4n) is 6.01. The van der Waals surface area contributed by atoms with Crippen LogP contribution < -0.4 is 0 Å². The van der Waals surface area contributed by atoms with Gasteiger partial charge in [0.15, 0.2) is 0 Å². The van der Waals surface area contributed by atoms with Crippen molar-refractivity contribution in [2.24, 2.45) is 0 Å². The van der Waals surface area contributed by atoms with Gasteiger partial charge in [-0.1, -0.05) is 72.8 Å². The number of fused-ring (bicyclic) bond motifs is 11. The van der Waals surface area contributed by atoms with Crippen molar-refractivity contribution >= 4 is 59.9 Å². The summed E-state index contributed by atoms with van der Waals surface area (Å²) in [5.41, 5.74) is 8.71. The van der Waals surface area contributed by atoms with Crippen molar-refractivity contribution in [3.63, 3.8) is 0 Å². The van der Waals surface area contributed by atoms with Gasteiger partial charge in [-0.05, 0) is 60.3 Å². The van der Waals surface area contributed by atoms with E-state index in [1.54, 1.807) is 0 Å². The number of pyridine rings is 1. The van der Waals surface area contributed by atoms with Gasteiger partial charge in [0.25, 0.3) is 0 Å². The molecule has 3 aromatic heterocycles. The lowest BCUT2D eigenvalue weighted by molar-refractivity contribution is 1.17. The van der Waals surface area contributed by atoms with E-state index in [1.165, 1.54) is 71.2 Å². The van der Waals surface area contributed by atoms with Crippen molar-refractivity contribution in [3.8, 4) is 5.69 Å². The molecule has 0 unspecified atom stereocenters. The molecular formula is C33H22N2. The third kappa shape index (κ3) is 2.49. The van der Waals surface area contributed by atoms with Crippen LogP contribution in [0.2, 0.25) is 0 Å². The Hall–Kier alpha value is -4.56. The second-order valence-electron chi connectivity index (χ2n) is 9.55. The first-order valence-corrected chi connectivity index (χ1v) is 12.1.